The second-order valence-corrected chi connectivity index (χ2v) is 11.0. The Kier molecular flexibility index (Phi) is 7.30. The molecule has 0 amide bonds. The highest BCUT2D eigenvalue weighted by molar-refractivity contribution is 7.89. The van der Waals surface area contributed by atoms with E-state index in [9.17, 15) is 13.2 Å². The zero-order chi connectivity index (χ0) is 22.6. The molecule has 0 spiro atoms. The second-order valence-electron chi connectivity index (χ2n) is 7.73. The molecule has 1 aliphatic rings. The van der Waals surface area contributed by atoms with Gasteiger partial charge in [-0.1, -0.05) is 41.9 Å². The molecule has 0 saturated heterocycles. The Morgan fingerprint density at radius 2 is 1.78 bits per heavy atom. The van der Waals surface area contributed by atoms with Crippen LogP contribution >= 0.6 is 22.9 Å². The van der Waals surface area contributed by atoms with Crippen LogP contribution in [-0.4, -0.2) is 21.0 Å². The fourth-order valence-corrected chi connectivity index (χ4v) is 6.31. The number of fused-ring (bicyclic) bond motifs is 1. The Labute approximate surface area is 197 Å². The Bertz CT molecular complexity index is 1150. The molecule has 1 aliphatic carbocycles. The summed E-state index contributed by atoms with van der Waals surface area (Å²) in [6, 6.07) is 16.7. The predicted molar refractivity (Wildman–Crippen MR) is 127 cm³/mol. The standard InChI is InChI=1S/C24H24ClNO4S2/c25-19-10-12-20(13-11-19)32(28,29)26-21(17-6-2-1-3-7-17)14-15-30-24(27)23-16-18-8-4-5-9-22(18)31-23/h1-3,6-7,10-13,16,21,26H,4-5,8-9,14-15H2/t21-/m0/s1. The molecule has 3 aromatic rings. The van der Waals surface area contributed by atoms with E-state index >= 15 is 0 Å². The van der Waals surface area contributed by atoms with Gasteiger partial charge in [-0.15, -0.1) is 11.3 Å². The van der Waals surface area contributed by atoms with Crippen LogP contribution in [0.4, 0.5) is 0 Å². The average molecular weight is 490 g/mol. The molecule has 168 valence electrons. The van der Waals surface area contributed by atoms with Gasteiger partial charge in [-0.2, -0.15) is 0 Å². The molecule has 2 aromatic carbocycles. The molecule has 0 radical (unpaired) electrons. The van der Waals surface area contributed by atoms with Crippen molar-refractivity contribution in [1.82, 2.24) is 4.72 Å². The number of esters is 1. The van der Waals surface area contributed by atoms with E-state index < -0.39 is 16.1 Å². The van der Waals surface area contributed by atoms with E-state index in [1.165, 1.54) is 46.0 Å². The maximum absolute atomic E-state index is 12.9. The largest absolute Gasteiger partial charge is 0.461 e. The Morgan fingerprint density at radius 1 is 1.06 bits per heavy atom. The number of benzene rings is 2. The zero-order valence-corrected chi connectivity index (χ0v) is 19.8. The Hall–Kier alpha value is -2.19. The van der Waals surface area contributed by atoms with E-state index in [1.54, 1.807) is 0 Å². The lowest BCUT2D eigenvalue weighted by Crippen LogP contribution is -2.29. The summed E-state index contributed by atoms with van der Waals surface area (Å²) in [5.41, 5.74) is 2.05. The number of hydrogen-bond acceptors (Lipinski definition) is 5. The molecule has 1 atom stereocenters. The quantitative estimate of drug-likeness (QED) is 0.421. The number of halogens is 1. The average Bonchev–Trinajstić information content (AvgIpc) is 3.24. The van der Waals surface area contributed by atoms with Gasteiger partial charge < -0.3 is 4.74 Å². The monoisotopic (exact) mass is 489 g/mol. The van der Waals surface area contributed by atoms with Gasteiger partial charge in [0.25, 0.3) is 0 Å². The summed E-state index contributed by atoms with van der Waals surface area (Å²) in [6.07, 6.45) is 4.67. The summed E-state index contributed by atoms with van der Waals surface area (Å²) in [7, 11) is -3.78. The lowest BCUT2D eigenvalue weighted by Gasteiger charge is -2.19. The normalized spacial score (nSPS) is 14.5. The number of rotatable bonds is 8. The molecule has 4 rings (SSSR count). The van der Waals surface area contributed by atoms with Crippen LogP contribution in [-0.2, 0) is 27.6 Å². The summed E-state index contributed by atoms with van der Waals surface area (Å²) in [5, 5.41) is 0.464. The molecular formula is C24H24ClNO4S2. The molecule has 0 unspecified atom stereocenters. The molecule has 0 bridgehead atoms. The molecule has 1 aromatic heterocycles. The summed E-state index contributed by atoms with van der Waals surface area (Å²) in [6.45, 7) is 0.101. The molecule has 1 N–H and O–H groups in total. The van der Waals surface area contributed by atoms with E-state index in [0.29, 0.717) is 16.3 Å². The van der Waals surface area contributed by atoms with E-state index in [4.69, 9.17) is 16.3 Å². The van der Waals surface area contributed by atoms with Gasteiger partial charge in [-0.25, -0.2) is 17.9 Å². The highest BCUT2D eigenvalue weighted by Gasteiger charge is 2.23. The first-order valence-corrected chi connectivity index (χ1v) is 13.2. The number of carbonyl (C=O) groups is 1. The lowest BCUT2D eigenvalue weighted by atomic mass is 9.99. The molecule has 0 saturated carbocycles. The first-order chi connectivity index (χ1) is 15.4. The van der Waals surface area contributed by atoms with Crippen LogP contribution in [0.5, 0.6) is 0 Å². The summed E-state index contributed by atoms with van der Waals surface area (Å²) < 4.78 is 34.0. The fraction of sp³-hybridized carbons (Fsp3) is 0.292. The molecule has 0 fully saturated rings. The van der Waals surface area contributed by atoms with Gasteiger partial charge in [-0.3, -0.25) is 0 Å². The summed E-state index contributed by atoms with van der Waals surface area (Å²) in [5.74, 6) is -0.350. The second kappa shape index (κ2) is 10.2. The van der Waals surface area contributed by atoms with Crippen molar-refractivity contribution in [3.05, 3.63) is 86.6 Å². The lowest BCUT2D eigenvalue weighted by molar-refractivity contribution is 0.0497. The van der Waals surface area contributed by atoms with Crippen LogP contribution < -0.4 is 4.72 Å². The highest BCUT2D eigenvalue weighted by atomic mass is 35.5. The van der Waals surface area contributed by atoms with Gasteiger partial charge in [0.15, 0.2) is 0 Å². The van der Waals surface area contributed by atoms with E-state index in [2.05, 4.69) is 4.72 Å². The van der Waals surface area contributed by atoms with Gasteiger partial charge in [0.2, 0.25) is 10.0 Å². The first-order valence-electron chi connectivity index (χ1n) is 10.5. The van der Waals surface area contributed by atoms with Gasteiger partial charge in [0.05, 0.1) is 17.5 Å². The van der Waals surface area contributed by atoms with Crippen LogP contribution in [0, 0.1) is 0 Å². The maximum Gasteiger partial charge on any atom is 0.348 e. The highest BCUT2D eigenvalue weighted by Crippen LogP contribution is 2.30. The van der Waals surface area contributed by atoms with Crippen molar-refractivity contribution in [3.8, 4) is 0 Å². The van der Waals surface area contributed by atoms with Crippen LogP contribution in [0.25, 0.3) is 0 Å². The minimum Gasteiger partial charge on any atom is -0.461 e. The van der Waals surface area contributed by atoms with Gasteiger partial charge >= 0.3 is 5.97 Å². The van der Waals surface area contributed by atoms with Crippen molar-refractivity contribution in [2.75, 3.05) is 6.61 Å². The van der Waals surface area contributed by atoms with E-state index in [-0.39, 0.29) is 17.5 Å². The van der Waals surface area contributed by atoms with Crippen molar-refractivity contribution in [2.45, 2.75) is 43.0 Å². The smallest absolute Gasteiger partial charge is 0.348 e. The molecule has 32 heavy (non-hydrogen) atoms. The number of ether oxygens (including phenoxy) is 1. The minimum absolute atomic E-state index is 0.101. The Morgan fingerprint density at radius 3 is 2.50 bits per heavy atom. The van der Waals surface area contributed by atoms with Gasteiger partial charge in [-0.05, 0) is 67.1 Å². The fourth-order valence-electron chi connectivity index (χ4n) is 3.78. The van der Waals surface area contributed by atoms with E-state index in [0.717, 1.165) is 31.2 Å². The minimum atomic E-state index is -3.78. The van der Waals surface area contributed by atoms with Crippen molar-refractivity contribution in [2.24, 2.45) is 0 Å². The Balaban J connectivity index is 1.44. The number of aryl methyl sites for hydroxylation is 2. The van der Waals surface area contributed by atoms with Crippen LogP contribution in [0.3, 0.4) is 0 Å². The number of sulfonamides is 1. The number of carbonyl (C=O) groups excluding carboxylic acids is 1. The van der Waals surface area contributed by atoms with Crippen molar-refractivity contribution in [3.63, 3.8) is 0 Å². The third kappa shape index (κ3) is 5.59. The molecular weight excluding hydrogens is 466 g/mol. The van der Waals surface area contributed by atoms with Crippen LogP contribution in [0.2, 0.25) is 5.02 Å². The van der Waals surface area contributed by atoms with Gasteiger partial charge in [0.1, 0.15) is 4.88 Å². The third-order valence-corrected chi connectivity index (χ3v) is 8.42. The zero-order valence-electron chi connectivity index (χ0n) is 17.4. The summed E-state index contributed by atoms with van der Waals surface area (Å²) >= 11 is 7.39. The molecule has 1 heterocycles. The molecule has 0 aliphatic heterocycles. The van der Waals surface area contributed by atoms with Crippen LogP contribution in [0.15, 0.2) is 65.6 Å². The molecule has 5 nitrogen and oxygen atoms in total. The van der Waals surface area contributed by atoms with E-state index in [1.807, 2.05) is 36.4 Å². The number of thiophene rings is 1. The van der Waals surface area contributed by atoms with Crippen molar-refractivity contribution in [1.29, 1.82) is 0 Å². The summed E-state index contributed by atoms with van der Waals surface area (Å²) in [4.78, 5) is 14.6. The topological polar surface area (TPSA) is 72.5 Å². The molecule has 8 heteroatoms. The number of hydrogen-bond donors (Lipinski definition) is 1. The van der Waals surface area contributed by atoms with Crippen molar-refractivity contribution < 1.29 is 17.9 Å². The van der Waals surface area contributed by atoms with Crippen LogP contribution in [0.1, 0.15) is 51.0 Å². The third-order valence-electron chi connectivity index (χ3n) is 5.46. The maximum atomic E-state index is 12.9. The predicted octanol–water partition coefficient (Wildman–Crippen LogP) is 5.55. The van der Waals surface area contributed by atoms with Crippen molar-refractivity contribution >= 4 is 38.9 Å². The first kappa shape index (κ1) is 23.0. The SMILES string of the molecule is O=C(OCC[C@H](NS(=O)(=O)c1ccc(Cl)cc1)c1ccccc1)c1cc2c(s1)CCCC2. The van der Waals surface area contributed by atoms with Gasteiger partial charge in [0, 0.05) is 16.3 Å². The number of nitrogens with one attached hydrogen (secondary N) is 1.